The van der Waals surface area contributed by atoms with Crippen LogP contribution in [0.15, 0.2) is 121 Å². The molecule has 0 atom stereocenters. The van der Waals surface area contributed by atoms with Crippen LogP contribution in [0.5, 0.6) is 0 Å². The van der Waals surface area contributed by atoms with E-state index >= 15 is 0 Å². The first kappa shape index (κ1) is 25.5. The van der Waals surface area contributed by atoms with Gasteiger partial charge in [0.1, 0.15) is 7.05 Å². The summed E-state index contributed by atoms with van der Waals surface area (Å²) in [5.41, 5.74) is 11.3. The summed E-state index contributed by atoms with van der Waals surface area (Å²) in [4.78, 5) is 0. The van der Waals surface area contributed by atoms with E-state index in [4.69, 9.17) is 18.6 Å². The highest BCUT2D eigenvalue weighted by atomic mass is 35.7. The van der Waals surface area contributed by atoms with Crippen LogP contribution in [0, 0.1) is 10.2 Å². The van der Waals surface area contributed by atoms with Crippen molar-refractivity contribution in [2.24, 2.45) is 7.05 Å². The number of pyridine rings is 1. The molecule has 4 aromatic carbocycles. The molecule has 1 aromatic heterocycles. The van der Waals surface area contributed by atoms with Gasteiger partial charge >= 0.3 is 0 Å². The molecule has 1 aliphatic rings. The first-order chi connectivity index (χ1) is 18.3. The number of aromatic nitrogens is 1. The molecular formula is C32H24ClNO4. The highest BCUT2D eigenvalue weighted by Gasteiger charge is 2.36. The van der Waals surface area contributed by atoms with E-state index in [0.717, 1.165) is 0 Å². The Morgan fingerprint density at radius 2 is 1.08 bits per heavy atom. The number of nitrogens with zero attached hydrogens (tertiary/aromatic N) is 1. The second kappa shape index (κ2) is 10.7. The Morgan fingerprint density at radius 1 is 0.605 bits per heavy atom. The summed E-state index contributed by atoms with van der Waals surface area (Å²) in [7, 11) is -2.75. The standard InChI is InChI=1S/C32H24N.ClHO4/c1-33-29-20-12-11-19-26(29)22-28-31(25-17-9-4-10-18-25)30(24-15-7-3-8-16-24)27(32(28)33)21-23-13-5-2-6-14-23;2-1(3,4)5/h2-22H,1H3;(H,2,3,4,5)/q+1;/p-1/b27-21+;. The first-order valence-electron chi connectivity index (χ1n) is 12.0. The summed E-state index contributed by atoms with van der Waals surface area (Å²) in [5, 5.41) is 1.25. The fourth-order valence-corrected chi connectivity index (χ4v) is 5.01. The van der Waals surface area contributed by atoms with Gasteiger partial charge in [0.15, 0.2) is 0 Å². The lowest BCUT2D eigenvalue weighted by atomic mass is 9.92. The van der Waals surface area contributed by atoms with Gasteiger partial charge in [0.2, 0.25) is 11.2 Å². The highest BCUT2D eigenvalue weighted by Crippen LogP contribution is 2.49. The zero-order valence-electron chi connectivity index (χ0n) is 20.6. The van der Waals surface area contributed by atoms with Gasteiger partial charge in [0, 0.05) is 22.6 Å². The zero-order valence-corrected chi connectivity index (χ0v) is 21.3. The SMILES string of the molecule is C[n+]1c2c(cc3ccccc31)C(c1ccccc1)=C(c1ccccc1)/C2=C\c1ccccc1.[O-][Cl+3]([O-])([O-])[O-]. The average Bonchev–Trinajstić information content (AvgIpc) is 3.23. The van der Waals surface area contributed by atoms with Crippen LogP contribution < -0.4 is 23.2 Å². The second-order valence-electron chi connectivity index (χ2n) is 8.85. The van der Waals surface area contributed by atoms with Crippen LogP contribution in [0.2, 0.25) is 0 Å². The van der Waals surface area contributed by atoms with E-state index in [0.29, 0.717) is 0 Å². The van der Waals surface area contributed by atoms with Crippen LogP contribution in [0.4, 0.5) is 0 Å². The molecule has 0 amide bonds. The Balaban J connectivity index is 0.000000540. The maximum absolute atomic E-state index is 8.49. The van der Waals surface area contributed by atoms with Crippen LogP contribution in [0.3, 0.4) is 0 Å². The van der Waals surface area contributed by atoms with E-state index in [1.807, 2.05) is 0 Å². The number of hydrogen-bond donors (Lipinski definition) is 0. The lowest BCUT2D eigenvalue weighted by molar-refractivity contribution is -2.00. The Morgan fingerprint density at radius 3 is 1.66 bits per heavy atom. The molecule has 0 saturated heterocycles. The van der Waals surface area contributed by atoms with Gasteiger partial charge in [-0.15, -0.1) is 10.2 Å². The molecule has 5 nitrogen and oxygen atoms in total. The van der Waals surface area contributed by atoms with Crippen molar-refractivity contribution in [3.8, 4) is 0 Å². The fraction of sp³-hybridized carbons (Fsp3) is 0.0312. The molecule has 5 aromatic rings. The number of hydrogen-bond acceptors (Lipinski definition) is 4. The number of halogens is 1. The van der Waals surface area contributed by atoms with Crippen LogP contribution in [0.25, 0.3) is 33.7 Å². The third kappa shape index (κ3) is 5.43. The molecule has 0 aliphatic heterocycles. The van der Waals surface area contributed by atoms with Crippen LogP contribution in [0.1, 0.15) is 27.9 Å². The van der Waals surface area contributed by atoms with Crippen molar-refractivity contribution >= 4 is 33.7 Å². The number of aryl methyl sites for hydroxylation is 1. The fourth-order valence-electron chi connectivity index (χ4n) is 5.01. The minimum absolute atomic E-state index is 1.20. The molecule has 0 fully saturated rings. The zero-order chi connectivity index (χ0) is 26.7. The van der Waals surface area contributed by atoms with Crippen molar-refractivity contribution in [1.29, 1.82) is 0 Å². The Kier molecular flexibility index (Phi) is 7.20. The van der Waals surface area contributed by atoms with Gasteiger partial charge in [-0.05, 0) is 34.9 Å². The van der Waals surface area contributed by atoms with Crippen molar-refractivity contribution in [2.75, 3.05) is 0 Å². The molecule has 6 heteroatoms. The molecule has 188 valence electrons. The lowest BCUT2D eigenvalue weighted by Gasteiger charge is -2.17. The van der Waals surface area contributed by atoms with Gasteiger partial charge in [-0.25, -0.2) is 18.6 Å². The third-order valence-corrected chi connectivity index (χ3v) is 6.47. The largest absolute Gasteiger partial charge is 0.222 e. The maximum atomic E-state index is 8.49. The van der Waals surface area contributed by atoms with E-state index in [-0.39, 0.29) is 0 Å². The number of rotatable bonds is 3. The predicted molar refractivity (Wildman–Crippen MR) is 138 cm³/mol. The van der Waals surface area contributed by atoms with Crippen molar-refractivity contribution in [1.82, 2.24) is 0 Å². The van der Waals surface area contributed by atoms with Crippen LogP contribution in [-0.4, -0.2) is 0 Å². The summed E-state index contributed by atoms with van der Waals surface area (Å²) in [6, 6.07) is 43.2. The minimum atomic E-state index is -4.94. The summed E-state index contributed by atoms with van der Waals surface area (Å²) >= 11 is 0. The van der Waals surface area contributed by atoms with Gasteiger partial charge in [-0.2, -0.15) is 4.57 Å². The normalized spacial score (nSPS) is 13.9. The topological polar surface area (TPSA) is 96.1 Å². The molecule has 0 saturated carbocycles. The van der Waals surface area contributed by atoms with Gasteiger partial charge < -0.3 is 0 Å². The second-order valence-corrected chi connectivity index (χ2v) is 9.61. The van der Waals surface area contributed by atoms with E-state index in [1.165, 1.54) is 55.6 Å². The number of benzene rings is 4. The van der Waals surface area contributed by atoms with Gasteiger partial charge in [-0.3, -0.25) is 0 Å². The first-order valence-corrected chi connectivity index (χ1v) is 13.2. The van der Waals surface area contributed by atoms with Gasteiger partial charge in [-0.1, -0.05) is 103 Å². The molecule has 0 spiro atoms. The van der Waals surface area contributed by atoms with Crippen LogP contribution in [-0.2, 0) is 7.05 Å². The molecule has 0 bridgehead atoms. The maximum Gasteiger partial charge on any atom is 0.221 e. The molecule has 1 aliphatic carbocycles. The van der Waals surface area contributed by atoms with Crippen molar-refractivity contribution in [3.63, 3.8) is 0 Å². The van der Waals surface area contributed by atoms with Crippen LogP contribution >= 0.6 is 0 Å². The molecule has 38 heavy (non-hydrogen) atoms. The summed E-state index contributed by atoms with van der Waals surface area (Å²) < 4.78 is 36.3. The van der Waals surface area contributed by atoms with Crippen molar-refractivity contribution in [3.05, 3.63) is 149 Å². The van der Waals surface area contributed by atoms with E-state index in [1.54, 1.807) is 0 Å². The van der Waals surface area contributed by atoms with E-state index in [2.05, 4.69) is 139 Å². The Labute approximate surface area is 223 Å². The predicted octanol–water partition coefficient (Wildman–Crippen LogP) is 2.42. The molecule has 0 N–H and O–H groups in total. The van der Waals surface area contributed by atoms with Crippen molar-refractivity contribution < 1.29 is 33.4 Å². The monoisotopic (exact) mass is 521 g/mol. The minimum Gasteiger partial charge on any atom is -0.222 e. The molecule has 0 unspecified atom stereocenters. The average molecular weight is 522 g/mol. The third-order valence-electron chi connectivity index (χ3n) is 6.47. The smallest absolute Gasteiger partial charge is 0.221 e. The van der Waals surface area contributed by atoms with E-state index in [9.17, 15) is 0 Å². The number of para-hydroxylation sites is 1. The van der Waals surface area contributed by atoms with E-state index < -0.39 is 10.2 Å². The summed E-state index contributed by atoms with van der Waals surface area (Å²) in [5.74, 6) is 0. The number of allylic oxidation sites excluding steroid dienone is 2. The molecule has 1 heterocycles. The Hall–Kier alpha value is -4.10. The molecule has 0 radical (unpaired) electrons. The lowest BCUT2D eigenvalue weighted by Crippen LogP contribution is -2.68. The van der Waals surface area contributed by atoms with Crippen molar-refractivity contribution in [2.45, 2.75) is 0 Å². The summed E-state index contributed by atoms with van der Waals surface area (Å²) in [6.07, 6.45) is 2.34. The Bertz CT molecular complexity index is 1640. The highest BCUT2D eigenvalue weighted by molar-refractivity contribution is 6.26. The van der Waals surface area contributed by atoms with Gasteiger partial charge in [0.05, 0.1) is 11.1 Å². The number of fused-ring (bicyclic) bond motifs is 2. The molecule has 6 rings (SSSR count). The molecular weight excluding hydrogens is 498 g/mol. The quantitative estimate of drug-likeness (QED) is 0.341. The summed E-state index contributed by atoms with van der Waals surface area (Å²) in [6.45, 7) is 0. The van der Waals surface area contributed by atoms with Gasteiger partial charge in [0.25, 0.3) is 0 Å².